The highest BCUT2D eigenvalue weighted by atomic mass is 16.4. The molecule has 21 heavy (non-hydrogen) atoms. The molecule has 1 amide bonds. The molecule has 0 aliphatic rings. The Morgan fingerprint density at radius 3 is 2.48 bits per heavy atom. The smallest absolute Gasteiger partial charge is 0.251 e. The van der Waals surface area contributed by atoms with Gasteiger partial charge in [-0.25, -0.2) is 0 Å². The first-order valence-electron chi connectivity index (χ1n) is 6.30. The minimum atomic E-state index is -1.88. The van der Waals surface area contributed by atoms with Gasteiger partial charge in [0.15, 0.2) is 6.10 Å². The molecule has 1 aromatic rings. The summed E-state index contributed by atoms with van der Waals surface area (Å²) >= 11 is 0. The lowest BCUT2D eigenvalue weighted by Crippen LogP contribution is -2.48. The highest BCUT2D eigenvalue weighted by Gasteiger charge is 2.29. The summed E-state index contributed by atoms with van der Waals surface area (Å²) in [5.41, 5.74) is 0.403. The zero-order chi connectivity index (χ0) is 16.0. The van der Waals surface area contributed by atoms with Crippen LogP contribution in [0.25, 0.3) is 0 Å². The molecule has 0 radical (unpaired) electrons. The highest BCUT2D eigenvalue weighted by molar-refractivity contribution is 5.81. The number of hydrogen-bond donors (Lipinski definition) is 7. The SMILES string of the molecule is O=C(NCCc1cc(O)ccc1O)[C@H](O)[C@@H](O)[C@H](O)CO. The molecule has 0 fully saturated rings. The van der Waals surface area contributed by atoms with Gasteiger partial charge in [-0.3, -0.25) is 4.79 Å². The Balaban J connectivity index is 2.48. The predicted molar refractivity (Wildman–Crippen MR) is 71.6 cm³/mol. The lowest BCUT2D eigenvalue weighted by molar-refractivity contribution is -0.142. The van der Waals surface area contributed by atoms with E-state index in [1.807, 2.05) is 0 Å². The molecule has 3 atom stereocenters. The zero-order valence-corrected chi connectivity index (χ0v) is 11.2. The number of benzene rings is 1. The van der Waals surface area contributed by atoms with Crippen molar-refractivity contribution in [2.45, 2.75) is 24.7 Å². The summed E-state index contributed by atoms with van der Waals surface area (Å²) in [7, 11) is 0. The van der Waals surface area contributed by atoms with Crippen LogP contribution < -0.4 is 5.32 Å². The maximum Gasteiger partial charge on any atom is 0.251 e. The number of aromatic hydroxyl groups is 2. The Morgan fingerprint density at radius 1 is 1.19 bits per heavy atom. The van der Waals surface area contributed by atoms with Crippen molar-refractivity contribution in [2.75, 3.05) is 13.2 Å². The molecule has 8 nitrogen and oxygen atoms in total. The first-order chi connectivity index (χ1) is 9.86. The van der Waals surface area contributed by atoms with Gasteiger partial charge in [-0.2, -0.15) is 0 Å². The number of carbonyl (C=O) groups is 1. The van der Waals surface area contributed by atoms with Crippen LogP contribution >= 0.6 is 0 Å². The van der Waals surface area contributed by atoms with Gasteiger partial charge in [0.2, 0.25) is 0 Å². The van der Waals surface area contributed by atoms with Crippen molar-refractivity contribution in [3.63, 3.8) is 0 Å². The molecular formula is C13H19NO7. The Bertz CT molecular complexity index is 480. The summed E-state index contributed by atoms with van der Waals surface area (Å²) in [6, 6.07) is 3.96. The summed E-state index contributed by atoms with van der Waals surface area (Å²) in [5.74, 6) is -0.997. The number of aliphatic hydroxyl groups is 4. The molecule has 0 bridgehead atoms. The van der Waals surface area contributed by atoms with Crippen molar-refractivity contribution >= 4 is 5.91 Å². The number of phenols is 2. The summed E-state index contributed by atoms with van der Waals surface area (Å²) < 4.78 is 0. The minimum absolute atomic E-state index is 0.0318. The fourth-order valence-corrected chi connectivity index (χ4v) is 1.67. The van der Waals surface area contributed by atoms with Gasteiger partial charge in [-0.15, -0.1) is 0 Å². The number of carbonyl (C=O) groups excluding carboxylic acids is 1. The average molecular weight is 301 g/mol. The number of nitrogens with one attached hydrogen (secondary N) is 1. The lowest BCUT2D eigenvalue weighted by atomic mass is 10.1. The topological polar surface area (TPSA) is 150 Å². The molecule has 0 heterocycles. The molecule has 0 spiro atoms. The van der Waals surface area contributed by atoms with E-state index in [-0.39, 0.29) is 24.5 Å². The Kier molecular flexibility index (Phi) is 6.38. The van der Waals surface area contributed by atoms with Crippen molar-refractivity contribution in [1.82, 2.24) is 5.32 Å². The van der Waals surface area contributed by atoms with E-state index in [1.54, 1.807) is 0 Å². The fraction of sp³-hybridized carbons (Fsp3) is 0.462. The fourth-order valence-electron chi connectivity index (χ4n) is 1.67. The maximum atomic E-state index is 11.5. The van der Waals surface area contributed by atoms with Gasteiger partial charge in [0.25, 0.3) is 5.91 Å². The van der Waals surface area contributed by atoms with Crippen LogP contribution in [0.15, 0.2) is 18.2 Å². The van der Waals surface area contributed by atoms with Crippen LogP contribution in [0, 0.1) is 0 Å². The molecule has 0 aromatic heterocycles. The Hall–Kier alpha value is -1.87. The van der Waals surface area contributed by atoms with Crippen molar-refractivity contribution in [2.24, 2.45) is 0 Å². The zero-order valence-electron chi connectivity index (χ0n) is 11.2. The van der Waals surface area contributed by atoms with E-state index in [9.17, 15) is 25.2 Å². The molecule has 0 unspecified atom stereocenters. The van der Waals surface area contributed by atoms with Crippen molar-refractivity contribution in [1.29, 1.82) is 0 Å². The molecule has 0 aliphatic heterocycles. The van der Waals surface area contributed by atoms with Crippen molar-refractivity contribution in [3.05, 3.63) is 23.8 Å². The van der Waals surface area contributed by atoms with Gasteiger partial charge in [-0.1, -0.05) is 0 Å². The molecule has 7 N–H and O–H groups in total. The van der Waals surface area contributed by atoms with Gasteiger partial charge in [0.05, 0.1) is 6.61 Å². The van der Waals surface area contributed by atoms with Crippen LogP contribution in [0.4, 0.5) is 0 Å². The molecule has 1 aromatic carbocycles. The number of hydrogen-bond acceptors (Lipinski definition) is 7. The van der Waals surface area contributed by atoms with E-state index in [0.29, 0.717) is 5.56 Å². The van der Waals surface area contributed by atoms with Crippen LogP contribution in [0.5, 0.6) is 11.5 Å². The Morgan fingerprint density at radius 2 is 1.86 bits per heavy atom. The van der Waals surface area contributed by atoms with E-state index in [2.05, 4.69) is 5.32 Å². The van der Waals surface area contributed by atoms with Crippen LogP contribution in [0.3, 0.4) is 0 Å². The highest BCUT2D eigenvalue weighted by Crippen LogP contribution is 2.22. The Labute approximate surface area is 120 Å². The third kappa shape index (κ3) is 4.87. The summed E-state index contributed by atoms with van der Waals surface area (Å²) in [5, 5.41) is 57.7. The summed E-state index contributed by atoms with van der Waals surface area (Å²) in [6.07, 6.45) is -5.12. The second kappa shape index (κ2) is 7.79. The number of aliphatic hydroxyl groups excluding tert-OH is 4. The van der Waals surface area contributed by atoms with Crippen LogP contribution in [0.2, 0.25) is 0 Å². The third-order valence-electron chi connectivity index (χ3n) is 2.93. The predicted octanol–water partition coefficient (Wildman–Crippen LogP) is -2.17. The largest absolute Gasteiger partial charge is 0.508 e. The number of rotatable bonds is 7. The van der Waals surface area contributed by atoms with Gasteiger partial charge in [0, 0.05) is 6.54 Å². The average Bonchev–Trinajstić information content (AvgIpc) is 2.48. The molecule has 0 saturated heterocycles. The second-order valence-electron chi connectivity index (χ2n) is 4.54. The van der Waals surface area contributed by atoms with Crippen molar-refractivity contribution < 1.29 is 35.4 Å². The van der Waals surface area contributed by atoms with E-state index < -0.39 is 30.8 Å². The monoisotopic (exact) mass is 301 g/mol. The summed E-state index contributed by atoms with van der Waals surface area (Å²) in [6.45, 7) is -0.752. The molecule has 0 saturated carbocycles. The molecule has 8 heteroatoms. The van der Waals surface area contributed by atoms with Crippen LogP contribution in [-0.4, -0.2) is 68.0 Å². The molecule has 0 aliphatic carbocycles. The quantitative estimate of drug-likeness (QED) is 0.283. The first kappa shape index (κ1) is 17.2. The van der Waals surface area contributed by atoms with Crippen LogP contribution in [0.1, 0.15) is 5.56 Å². The summed E-state index contributed by atoms with van der Waals surface area (Å²) in [4.78, 5) is 11.5. The minimum Gasteiger partial charge on any atom is -0.508 e. The van der Waals surface area contributed by atoms with Gasteiger partial charge in [0.1, 0.15) is 23.7 Å². The normalized spacial score (nSPS) is 15.2. The van der Waals surface area contributed by atoms with Gasteiger partial charge in [-0.05, 0) is 30.2 Å². The van der Waals surface area contributed by atoms with Gasteiger partial charge < -0.3 is 36.0 Å². The standard InChI is InChI=1S/C13H19NO7/c15-6-10(18)11(19)12(20)13(21)14-4-3-7-5-8(16)1-2-9(7)17/h1-2,5,10-12,15-20H,3-4,6H2,(H,14,21)/t10-,11+,12-/m1/s1. The van der Waals surface area contributed by atoms with Gasteiger partial charge >= 0.3 is 0 Å². The van der Waals surface area contributed by atoms with E-state index in [1.165, 1.54) is 18.2 Å². The molecule has 1 rings (SSSR count). The first-order valence-corrected chi connectivity index (χ1v) is 6.30. The molecule has 118 valence electrons. The van der Waals surface area contributed by atoms with E-state index >= 15 is 0 Å². The lowest BCUT2D eigenvalue weighted by Gasteiger charge is -2.20. The maximum absolute atomic E-state index is 11.5. The second-order valence-corrected chi connectivity index (χ2v) is 4.54. The van der Waals surface area contributed by atoms with E-state index in [4.69, 9.17) is 10.2 Å². The third-order valence-corrected chi connectivity index (χ3v) is 2.93. The number of phenolic OH excluding ortho intramolecular Hbond substituents is 2. The van der Waals surface area contributed by atoms with Crippen LogP contribution in [-0.2, 0) is 11.2 Å². The molecular weight excluding hydrogens is 282 g/mol. The van der Waals surface area contributed by atoms with Crippen molar-refractivity contribution in [3.8, 4) is 11.5 Å². The van der Waals surface area contributed by atoms with E-state index in [0.717, 1.165) is 0 Å². The number of amides is 1.